The molecule has 24 nitrogen and oxygen atoms in total. The molecular weight excluding hydrogens is 1340 g/mol. The number of allylic oxidation sites excluding steroid dienone is 8. The second-order valence-electron chi connectivity index (χ2n) is 29.6. The number of nitrogens with zero attached hydrogens (tertiary/aromatic N) is 1. The fraction of sp³-hybridized carbons (Fsp3) is 0.600. The smallest absolute Gasteiger partial charge is 0.339 e. The Morgan fingerprint density at radius 3 is 2.33 bits per heavy atom. The van der Waals surface area contributed by atoms with Gasteiger partial charge in [0.05, 0.1) is 35.9 Å². The van der Waals surface area contributed by atoms with Crippen molar-refractivity contribution in [3.8, 4) is 0 Å². The number of Topliss-reactive ketones (excluding diaryl/α,β-unsaturated/α-hetero) is 3. The molecule has 18 atom stereocenters. The van der Waals surface area contributed by atoms with E-state index in [0.717, 1.165) is 10.5 Å². The molecule has 566 valence electrons. The highest BCUT2D eigenvalue weighted by molar-refractivity contribution is 6.39. The first kappa shape index (κ1) is 80.3. The topological polar surface area (TPSA) is 333 Å². The first-order valence-electron chi connectivity index (χ1n) is 36.9. The number of esters is 3. The van der Waals surface area contributed by atoms with E-state index < -0.39 is 131 Å². The van der Waals surface area contributed by atoms with Gasteiger partial charge in [-0.05, 0) is 138 Å². The number of amides is 3. The summed E-state index contributed by atoms with van der Waals surface area (Å²) in [5, 5.41) is 39.7. The number of hydrogen-bond acceptors (Lipinski definition) is 21. The fourth-order valence-corrected chi connectivity index (χ4v) is 15.9. The molecule has 9 rings (SSSR count). The number of benzene rings is 1. The van der Waals surface area contributed by atoms with Gasteiger partial charge in [0.2, 0.25) is 11.7 Å². The van der Waals surface area contributed by atoms with E-state index in [9.17, 15) is 63.3 Å². The van der Waals surface area contributed by atoms with Crippen LogP contribution >= 0.6 is 0 Å². The number of aliphatic hydroxyl groups excluding tert-OH is 2. The van der Waals surface area contributed by atoms with Crippen molar-refractivity contribution in [2.24, 2.45) is 41.4 Å². The lowest BCUT2D eigenvalue weighted by molar-refractivity contribution is -0.265. The van der Waals surface area contributed by atoms with Gasteiger partial charge < -0.3 is 68.7 Å². The molecule has 2 bridgehead atoms. The molecule has 5 heterocycles. The second kappa shape index (κ2) is 36.0. The van der Waals surface area contributed by atoms with Crippen molar-refractivity contribution in [1.82, 2.24) is 15.5 Å². The highest BCUT2D eigenvalue weighted by atomic mass is 16.6. The molecule has 1 spiro atoms. The molecular formula is C80H105N3O21. The molecule has 5 unspecified atom stereocenters. The monoisotopic (exact) mass is 1440 g/mol. The Hall–Kier alpha value is -7.84. The lowest BCUT2D eigenvalue weighted by Gasteiger charge is -2.44. The summed E-state index contributed by atoms with van der Waals surface area (Å²) < 4.78 is 48.1. The molecule has 3 aliphatic carbocycles. The van der Waals surface area contributed by atoms with Gasteiger partial charge in [0.25, 0.3) is 17.6 Å². The molecule has 3 amide bonds. The summed E-state index contributed by atoms with van der Waals surface area (Å²) in [6, 6.07) is 3.52. The Bertz CT molecular complexity index is 3650. The second-order valence-corrected chi connectivity index (χ2v) is 29.6. The average Bonchev–Trinajstić information content (AvgIpc) is 1.50. The largest absolute Gasteiger partial charge is 0.465 e. The minimum absolute atomic E-state index is 0.0199. The molecule has 5 aliphatic heterocycles. The van der Waals surface area contributed by atoms with E-state index in [1.165, 1.54) is 32.4 Å². The number of ether oxygens (including phenoxy) is 8. The molecule has 0 radical (unpaired) electrons. The molecule has 104 heavy (non-hydrogen) atoms. The van der Waals surface area contributed by atoms with Crippen LogP contribution in [0, 0.1) is 41.4 Å². The number of unbranched alkanes of at least 4 members (excludes halogenated alkanes) is 2. The Kier molecular flexibility index (Phi) is 27.8. The van der Waals surface area contributed by atoms with Crippen LogP contribution < -0.4 is 10.6 Å². The van der Waals surface area contributed by atoms with Crippen LogP contribution in [0.3, 0.4) is 0 Å². The summed E-state index contributed by atoms with van der Waals surface area (Å²) >= 11 is 0. The standard InChI is InChI=1S/C80H105N3O21/c1-45-19-13-11-14-20-46(2)64(97-8)42-56-28-23-51(7)80(96,103-56)74(91)76(93)83-34-18-16-21-61(83)78(95)102-65(43-62(86)47(3)36-50(6)72(90)73(99-10)71(89)49(5)35-45)48(4)37-52-24-32-63(68(38-52)98-9)101-70(88)44-82-69(87)22-15-12-17-33-81-75(92)53-25-29-58-57(39-53)77(94)104-79(58)59-30-26-54(84)40-66(59)100-67-41-55(85)27-31-60(67)79/h11,13-14,19-20,25-27,29-31,36,39-40,45,47-49,51-52,55-56,59,61,63-65,68,72-73,85,90,96H,12,15-18,21-24,28,32-35,37-38,41-44H2,1-10H3,(H,81,92)(H,82,87)/b14-11?,19-13+,46-20?,50-36-/t45-,47-,48-,49-,51-,52+,55?,56+,59?,61+,63-,64?,65+,68-,72-,73?,79?,80-/m1/s1. The third-order valence-corrected chi connectivity index (χ3v) is 22.0. The van der Waals surface area contributed by atoms with E-state index in [2.05, 4.69) is 10.6 Å². The van der Waals surface area contributed by atoms with Crippen LogP contribution in [0.15, 0.2) is 113 Å². The summed E-state index contributed by atoms with van der Waals surface area (Å²) in [4.78, 5) is 139. The minimum atomic E-state index is -2.50. The van der Waals surface area contributed by atoms with Gasteiger partial charge in [-0.1, -0.05) is 102 Å². The van der Waals surface area contributed by atoms with Crippen molar-refractivity contribution in [3.63, 3.8) is 0 Å². The molecule has 3 fully saturated rings. The van der Waals surface area contributed by atoms with Crippen LogP contribution in [0.2, 0.25) is 0 Å². The quantitative estimate of drug-likeness (QED) is 0.0340. The van der Waals surface area contributed by atoms with E-state index >= 15 is 0 Å². The first-order chi connectivity index (χ1) is 49.6. The van der Waals surface area contributed by atoms with E-state index in [0.29, 0.717) is 105 Å². The van der Waals surface area contributed by atoms with Gasteiger partial charge >= 0.3 is 17.9 Å². The van der Waals surface area contributed by atoms with Crippen LogP contribution in [0.5, 0.6) is 0 Å². The van der Waals surface area contributed by atoms with Crippen LogP contribution in [-0.4, -0.2) is 181 Å². The zero-order valence-corrected chi connectivity index (χ0v) is 61.6. The number of methoxy groups -OCH3 is 3. The molecule has 1 saturated carbocycles. The molecule has 1 aromatic carbocycles. The Balaban J connectivity index is 0.790. The van der Waals surface area contributed by atoms with Crippen molar-refractivity contribution in [3.05, 3.63) is 130 Å². The molecule has 2 saturated heterocycles. The summed E-state index contributed by atoms with van der Waals surface area (Å²) in [6.07, 6.45) is 17.9. The average molecular weight is 1440 g/mol. The number of piperidine rings is 1. The van der Waals surface area contributed by atoms with Crippen molar-refractivity contribution in [1.29, 1.82) is 0 Å². The number of nitrogens with one attached hydrogen (secondary N) is 2. The number of hydrogen-bond donors (Lipinski definition) is 5. The number of carbonyl (C=O) groups is 10. The SMILES string of the molecule is COC1C[C@@H]2CC[C@@H](C)[C@@](O)(O2)C(=O)C(=O)N2CCCC[C@H]2C(=O)O[C@H]([C@H](C)C[C@@H]2CC[C@@H](OC(=O)CNC(=O)CCCCCNC(=O)c3ccc4c(c3)C(=O)OC43C4=C(CC(O)C=C4)OC4=CC(=O)C=CC43)[C@H](OC)C2)CC(=O)[C@H](C)/C=C(/C)[C@@H](O)C(OC)C(=O)[C@H](C)C[C@H](C)/C=C/C=CC=C1C. The maximum Gasteiger partial charge on any atom is 0.339 e. The Morgan fingerprint density at radius 1 is 0.798 bits per heavy atom. The number of fused-ring (bicyclic) bond motifs is 8. The zero-order valence-electron chi connectivity index (χ0n) is 61.6. The van der Waals surface area contributed by atoms with E-state index in [1.54, 1.807) is 71.2 Å². The normalized spacial score (nSPS) is 33.7. The highest BCUT2D eigenvalue weighted by Crippen LogP contribution is 2.57. The van der Waals surface area contributed by atoms with Gasteiger partial charge in [0.1, 0.15) is 54.3 Å². The van der Waals surface area contributed by atoms with E-state index in [4.69, 9.17) is 37.9 Å². The summed E-state index contributed by atoms with van der Waals surface area (Å²) in [6.45, 7) is 12.4. The van der Waals surface area contributed by atoms with Gasteiger partial charge in [0.15, 0.2) is 17.2 Å². The Morgan fingerprint density at radius 2 is 1.58 bits per heavy atom. The van der Waals surface area contributed by atoms with Crippen LogP contribution in [0.1, 0.15) is 184 Å². The predicted molar refractivity (Wildman–Crippen MR) is 380 cm³/mol. The maximum absolute atomic E-state index is 14.8. The molecule has 5 N–H and O–H groups in total. The van der Waals surface area contributed by atoms with Crippen molar-refractivity contribution in [2.45, 2.75) is 224 Å². The zero-order chi connectivity index (χ0) is 75.3. The molecule has 1 aromatic rings. The van der Waals surface area contributed by atoms with Gasteiger partial charge in [-0.15, -0.1) is 0 Å². The van der Waals surface area contributed by atoms with E-state index in [1.807, 2.05) is 51.2 Å². The number of carbonyl (C=O) groups excluding carboxylic acids is 10. The molecule has 0 aromatic heterocycles. The van der Waals surface area contributed by atoms with Crippen LogP contribution in [0.25, 0.3) is 0 Å². The van der Waals surface area contributed by atoms with Crippen molar-refractivity contribution in [2.75, 3.05) is 41.0 Å². The maximum atomic E-state index is 14.8. The van der Waals surface area contributed by atoms with Crippen molar-refractivity contribution < 1.29 is 101 Å². The number of rotatable bonds is 16. The minimum Gasteiger partial charge on any atom is -0.465 e. The van der Waals surface area contributed by atoms with Gasteiger partial charge in [0, 0.05) is 101 Å². The fourth-order valence-electron chi connectivity index (χ4n) is 15.9. The van der Waals surface area contributed by atoms with Gasteiger partial charge in [-0.2, -0.15) is 0 Å². The number of aliphatic hydroxyl groups is 3. The summed E-state index contributed by atoms with van der Waals surface area (Å²) in [5.74, 6) is -11.3. The van der Waals surface area contributed by atoms with E-state index in [-0.39, 0.29) is 98.0 Å². The summed E-state index contributed by atoms with van der Waals surface area (Å²) in [5.41, 5.74) is 1.27. The van der Waals surface area contributed by atoms with Crippen LogP contribution in [-0.2, 0) is 81.9 Å². The highest BCUT2D eigenvalue weighted by Gasteiger charge is 2.59. The Labute approximate surface area is 609 Å². The third kappa shape index (κ3) is 18.9. The number of cyclic esters (lactones) is 1. The van der Waals surface area contributed by atoms with Crippen LogP contribution in [0.4, 0.5) is 0 Å². The van der Waals surface area contributed by atoms with Gasteiger partial charge in [-0.3, -0.25) is 38.4 Å². The lowest BCUT2D eigenvalue weighted by Crippen LogP contribution is -2.61. The van der Waals surface area contributed by atoms with Gasteiger partial charge in [-0.25, -0.2) is 9.59 Å². The number of ketones is 4. The predicted octanol–water partition coefficient (Wildman–Crippen LogP) is 8.45. The third-order valence-electron chi connectivity index (χ3n) is 22.0. The molecule has 8 aliphatic rings. The van der Waals surface area contributed by atoms with Crippen molar-refractivity contribution >= 4 is 58.8 Å². The molecule has 24 heteroatoms. The first-order valence-corrected chi connectivity index (χ1v) is 36.9. The summed E-state index contributed by atoms with van der Waals surface area (Å²) in [7, 11) is 4.42. The lowest BCUT2D eigenvalue weighted by atomic mass is 9.69.